The van der Waals surface area contributed by atoms with E-state index in [2.05, 4.69) is 27.7 Å². The van der Waals surface area contributed by atoms with E-state index in [1.807, 2.05) is 0 Å². The molecule has 0 amide bonds. The minimum Gasteiger partial charge on any atom is -0.416 e. The van der Waals surface area contributed by atoms with E-state index in [1.165, 1.54) is 37.4 Å². The molecule has 1 heterocycles. The molecule has 0 aromatic rings. The lowest BCUT2D eigenvalue weighted by atomic mass is 9.99. The molecule has 1 fully saturated rings. The van der Waals surface area contributed by atoms with Crippen LogP contribution < -0.4 is 0 Å². The van der Waals surface area contributed by atoms with Crippen molar-refractivity contribution in [2.75, 3.05) is 6.61 Å². The second-order valence-corrected chi connectivity index (χ2v) is 10.3. The molecular weight excluding hydrogens is 188 g/mol. The van der Waals surface area contributed by atoms with Crippen molar-refractivity contribution in [1.29, 1.82) is 0 Å². The Morgan fingerprint density at radius 1 is 1.07 bits per heavy atom. The summed E-state index contributed by atoms with van der Waals surface area (Å²) in [6.45, 7) is 10.1. The van der Waals surface area contributed by atoms with Gasteiger partial charge in [0, 0.05) is 6.61 Å². The molecule has 0 aromatic heterocycles. The zero-order valence-electron chi connectivity index (χ0n) is 10.4. The highest BCUT2D eigenvalue weighted by molar-refractivity contribution is 6.73. The van der Waals surface area contributed by atoms with Gasteiger partial charge in [0.25, 0.3) is 0 Å². The van der Waals surface area contributed by atoms with Gasteiger partial charge in [0.1, 0.15) is 0 Å². The van der Waals surface area contributed by atoms with Crippen molar-refractivity contribution in [3.8, 4) is 0 Å². The van der Waals surface area contributed by atoms with Gasteiger partial charge in [-0.15, -0.1) is 0 Å². The molecule has 0 spiro atoms. The van der Waals surface area contributed by atoms with Crippen LogP contribution in [0.15, 0.2) is 0 Å². The summed E-state index contributed by atoms with van der Waals surface area (Å²) in [4.78, 5) is 0. The highest BCUT2D eigenvalue weighted by Crippen LogP contribution is 2.33. The molecule has 0 atom stereocenters. The lowest BCUT2D eigenvalue weighted by molar-refractivity contribution is 0.182. The van der Waals surface area contributed by atoms with Crippen LogP contribution in [0, 0.1) is 5.41 Å². The van der Waals surface area contributed by atoms with Crippen LogP contribution in [0.4, 0.5) is 0 Å². The molecule has 0 aromatic carbocycles. The second-order valence-electron chi connectivity index (χ2n) is 5.95. The van der Waals surface area contributed by atoms with Gasteiger partial charge in [-0.1, -0.05) is 47.0 Å². The second kappa shape index (κ2) is 4.80. The van der Waals surface area contributed by atoms with Crippen molar-refractivity contribution >= 4 is 8.32 Å². The van der Waals surface area contributed by atoms with Gasteiger partial charge < -0.3 is 4.43 Å². The molecule has 84 valence electrons. The summed E-state index contributed by atoms with van der Waals surface area (Å²) < 4.78 is 6.32. The van der Waals surface area contributed by atoms with Crippen LogP contribution in [0.5, 0.6) is 0 Å². The Morgan fingerprint density at radius 2 is 1.64 bits per heavy atom. The Labute approximate surface area is 90.4 Å². The van der Waals surface area contributed by atoms with E-state index in [0.29, 0.717) is 5.41 Å². The predicted molar refractivity (Wildman–Crippen MR) is 65.1 cm³/mol. The van der Waals surface area contributed by atoms with Gasteiger partial charge in [-0.2, -0.15) is 0 Å². The first kappa shape index (κ1) is 12.2. The third-order valence-electron chi connectivity index (χ3n) is 3.22. The Balaban J connectivity index is 2.44. The number of hydrogen-bond donors (Lipinski definition) is 0. The summed E-state index contributed by atoms with van der Waals surface area (Å²) in [5.41, 5.74) is 0.340. The number of rotatable bonds is 3. The van der Waals surface area contributed by atoms with Crippen LogP contribution in [0.3, 0.4) is 0 Å². The predicted octanol–water partition coefficient (Wildman–Crippen LogP) is 4.20. The summed E-state index contributed by atoms with van der Waals surface area (Å²) in [7, 11) is -1.27. The van der Waals surface area contributed by atoms with E-state index >= 15 is 0 Å². The van der Waals surface area contributed by atoms with Crippen LogP contribution in [0.25, 0.3) is 0 Å². The molecule has 2 heteroatoms. The van der Waals surface area contributed by atoms with Crippen molar-refractivity contribution in [1.82, 2.24) is 0 Å². The quantitative estimate of drug-likeness (QED) is 0.640. The van der Waals surface area contributed by atoms with Gasteiger partial charge in [0.2, 0.25) is 0 Å². The van der Waals surface area contributed by atoms with Crippen LogP contribution in [-0.2, 0) is 4.43 Å². The van der Waals surface area contributed by atoms with E-state index in [1.54, 1.807) is 0 Å². The average molecular weight is 214 g/mol. The van der Waals surface area contributed by atoms with Crippen LogP contribution >= 0.6 is 0 Å². The summed E-state index contributed by atoms with van der Waals surface area (Å²) in [5.74, 6) is 0. The largest absolute Gasteiger partial charge is 0.416 e. The molecule has 1 saturated heterocycles. The average Bonchev–Trinajstić information content (AvgIpc) is 2.15. The maximum absolute atomic E-state index is 6.32. The van der Waals surface area contributed by atoms with Gasteiger partial charge in [-0.3, -0.25) is 0 Å². The third kappa shape index (κ3) is 3.74. The van der Waals surface area contributed by atoms with Crippen LogP contribution in [0.1, 0.15) is 47.0 Å². The van der Waals surface area contributed by atoms with Crippen molar-refractivity contribution < 1.29 is 4.43 Å². The standard InChI is InChI=1S/C12H26OSi/c1-5-14(9-7-6-8-10-14)13-11-12(2,3)4/h5-11H2,1-4H3. The monoisotopic (exact) mass is 214 g/mol. The highest BCUT2D eigenvalue weighted by Gasteiger charge is 2.35. The fraction of sp³-hybridized carbons (Fsp3) is 1.00. The van der Waals surface area contributed by atoms with Gasteiger partial charge in [0.15, 0.2) is 8.32 Å². The van der Waals surface area contributed by atoms with E-state index in [-0.39, 0.29) is 0 Å². The van der Waals surface area contributed by atoms with Crippen molar-refractivity contribution in [3.63, 3.8) is 0 Å². The minimum absolute atomic E-state index is 0.340. The topological polar surface area (TPSA) is 9.23 Å². The van der Waals surface area contributed by atoms with Crippen molar-refractivity contribution in [3.05, 3.63) is 0 Å². The highest BCUT2D eigenvalue weighted by atomic mass is 28.4. The molecule has 1 aliphatic heterocycles. The molecule has 1 aliphatic rings. The first-order valence-electron chi connectivity index (χ1n) is 6.11. The van der Waals surface area contributed by atoms with Gasteiger partial charge in [-0.05, 0) is 23.5 Å². The molecule has 0 saturated carbocycles. The van der Waals surface area contributed by atoms with E-state index in [4.69, 9.17) is 4.43 Å². The van der Waals surface area contributed by atoms with Crippen LogP contribution in [-0.4, -0.2) is 14.9 Å². The van der Waals surface area contributed by atoms with Crippen LogP contribution in [0.2, 0.25) is 18.1 Å². The van der Waals surface area contributed by atoms with E-state index in [9.17, 15) is 0 Å². The molecule has 0 radical (unpaired) electrons. The third-order valence-corrected chi connectivity index (χ3v) is 7.80. The minimum atomic E-state index is -1.27. The first-order valence-corrected chi connectivity index (χ1v) is 8.64. The van der Waals surface area contributed by atoms with E-state index in [0.717, 1.165) is 6.61 Å². The van der Waals surface area contributed by atoms with Crippen molar-refractivity contribution in [2.45, 2.75) is 65.1 Å². The molecule has 0 N–H and O–H groups in total. The maximum Gasteiger partial charge on any atom is 0.192 e. The summed E-state index contributed by atoms with van der Waals surface area (Å²) in [6.07, 6.45) is 4.28. The Hall–Kier alpha value is 0.177. The Morgan fingerprint density at radius 3 is 2.07 bits per heavy atom. The Bertz CT molecular complexity index is 166. The lowest BCUT2D eigenvalue weighted by Crippen LogP contribution is -2.41. The molecule has 14 heavy (non-hydrogen) atoms. The fourth-order valence-corrected chi connectivity index (χ4v) is 6.14. The number of hydrogen-bond acceptors (Lipinski definition) is 1. The normalized spacial score (nSPS) is 22.3. The molecule has 0 unspecified atom stereocenters. The molecule has 1 rings (SSSR count). The van der Waals surface area contributed by atoms with Gasteiger partial charge in [0.05, 0.1) is 0 Å². The van der Waals surface area contributed by atoms with E-state index < -0.39 is 8.32 Å². The van der Waals surface area contributed by atoms with Gasteiger partial charge in [-0.25, -0.2) is 0 Å². The summed E-state index contributed by atoms with van der Waals surface area (Å²) in [6, 6.07) is 4.16. The zero-order chi connectivity index (χ0) is 10.7. The Kier molecular flexibility index (Phi) is 4.20. The summed E-state index contributed by atoms with van der Waals surface area (Å²) >= 11 is 0. The molecule has 0 bridgehead atoms. The summed E-state index contributed by atoms with van der Waals surface area (Å²) in [5, 5.41) is 0. The smallest absolute Gasteiger partial charge is 0.192 e. The SMILES string of the molecule is CC[Si]1(OCC(C)(C)C)CCCCC1. The maximum atomic E-state index is 6.32. The first-order chi connectivity index (χ1) is 6.47. The van der Waals surface area contributed by atoms with Crippen molar-refractivity contribution in [2.24, 2.45) is 5.41 Å². The molecule has 0 aliphatic carbocycles. The lowest BCUT2D eigenvalue weighted by Gasteiger charge is -2.36. The fourth-order valence-electron chi connectivity index (χ4n) is 2.17. The molecular formula is C12H26OSi. The zero-order valence-corrected chi connectivity index (χ0v) is 11.4. The molecule has 1 nitrogen and oxygen atoms in total. The van der Waals surface area contributed by atoms with Gasteiger partial charge >= 0.3 is 0 Å².